The third kappa shape index (κ3) is 5.15. The van der Waals surface area contributed by atoms with Gasteiger partial charge in [0, 0.05) is 15.4 Å². The van der Waals surface area contributed by atoms with Gasteiger partial charge in [-0.05, 0) is 60.0 Å². The van der Waals surface area contributed by atoms with E-state index in [0.717, 1.165) is 44.4 Å². The Morgan fingerprint density at radius 2 is 1.65 bits per heavy atom. The highest BCUT2D eigenvalue weighted by Crippen LogP contribution is 2.40. The largest absolute Gasteiger partial charge is 0.458 e. The maximum atomic E-state index is 12.6. The van der Waals surface area contributed by atoms with E-state index in [-0.39, 0.29) is 15.8 Å². The summed E-state index contributed by atoms with van der Waals surface area (Å²) in [7, 11) is 0. The summed E-state index contributed by atoms with van der Waals surface area (Å²) in [5.41, 5.74) is 2.75. The number of thioether (sulfide) groups is 2. The van der Waals surface area contributed by atoms with E-state index in [0.29, 0.717) is 12.2 Å². The molecule has 0 heterocycles. The maximum Gasteiger partial charge on any atom is 0.372 e. The highest BCUT2D eigenvalue weighted by molar-refractivity contribution is 8.16. The van der Waals surface area contributed by atoms with E-state index in [1.165, 1.54) is 0 Å². The molecule has 138 valence electrons. The van der Waals surface area contributed by atoms with E-state index >= 15 is 0 Å². The Morgan fingerprint density at radius 3 is 2.23 bits per heavy atom. The molecule has 0 fully saturated rings. The summed E-state index contributed by atoms with van der Waals surface area (Å²) in [5.74, 6) is 0. The number of carbonyl (C=O) groups excluding carboxylic acids is 2. The molecule has 0 atom stereocenters. The second kappa shape index (κ2) is 8.78. The van der Waals surface area contributed by atoms with Gasteiger partial charge >= 0.3 is 5.30 Å². The number of rotatable bonds is 4. The predicted octanol–water partition coefficient (Wildman–Crippen LogP) is 6.47. The average Bonchev–Trinajstić information content (AvgIpc) is 2.58. The van der Waals surface area contributed by atoms with Crippen molar-refractivity contribution in [3.05, 3.63) is 59.2 Å². The van der Waals surface area contributed by atoms with Gasteiger partial charge in [-0.25, -0.2) is 4.79 Å². The third-order valence-corrected chi connectivity index (χ3v) is 5.96. The fourth-order valence-electron chi connectivity index (χ4n) is 2.65. The minimum absolute atomic E-state index is 0.0424. The lowest BCUT2D eigenvalue weighted by molar-refractivity contribution is 0.108. The maximum absolute atomic E-state index is 12.6. The number of ether oxygens (including phenoxy) is 1. The third-order valence-electron chi connectivity index (χ3n) is 3.84. The highest BCUT2D eigenvalue weighted by Gasteiger charge is 2.23. The molecule has 0 aliphatic carbocycles. The van der Waals surface area contributed by atoms with E-state index in [1.807, 2.05) is 37.3 Å². The van der Waals surface area contributed by atoms with Crippen LogP contribution in [0.25, 0.3) is 0 Å². The highest BCUT2D eigenvalue weighted by atomic mass is 32.2. The number of hydrogen-bond donors (Lipinski definition) is 0. The zero-order valence-electron chi connectivity index (χ0n) is 15.8. The Hall–Kier alpha value is -1.72. The fourth-order valence-corrected chi connectivity index (χ4v) is 4.51. The Bertz CT molecular complexity index is 793. The summed E-state index contributed by atoms with van der Waals surface area (Å²) in [5, 5.41) is -0.394. The first-order chi connectivity index (χ1) is 12.2. The summed E-state index contributed by atoms with van der Waals surface area (Å²) >= 11 is 2.20. The first kappa shape index (κ1) is 20.6. The van der Waals surface area contributed by atoms with Gasteiger partial charge in [0.25, 0.3) is 0 Å². The smallest absolute Gasteiger partial charge is 0.372 e. The van der Waals surface area contributed by atoms with E-state index in [4.69, 9.17) is 4.74 Å². The van der Waals surface area contributed by atoms with E-state index in [2.05, 4.69) is 20.8 Å². The van der Waals surface area contributed by atoms with Crippen molar-refractivity contribution in [2.75, 3.05) is 6.61 Å². The molecule has 0 saturated carbocycles. The monoisotopic (exact) mass is 388 g/mol. The van der Waals surface area contributed by atoms with Gasteiger partial charge < -0.3 is 4.74 Å². The van der Waals surface area contributed by atoms with Crippen LogP contribution >= 0.6 is 23.5 Å². The Balaban J connectivity index is 2.42. The minimum Gasteiger partial charge on any atom is -0.458 e. The van der Waals surface area contributed by atoms with Crippen molar-refractivity contribution in [3.63, 3.8) is 0 Å². The van der Waals surface area contributed by atoms with Gasteiger partial charge in [0.2, 0.25) is 5.12 Å². The lowest BCUT2D eigenvalue weighted by Gasteiger charge is -2.24. The molecule has 2 aromatic rings. The van der Waals surface area contributed by atoms with Crippen molar-refractivity contribution in [3.8, 4) is 0 Å². The second-order valence-electron chi connectivity index (χ2n) is 6.86. The zero-order valence-corrected chi connectivity index (χ0v) is 17.4. The van der Waals surface area contributed by atoms with Crippen molar-refractivity contribution < 1.29 is 14.3 Å². The number of hydrogen-bond acceptors (Lipinski definition) is 5. The first-order valence-electron chi connectivity index (χ1n) is 8.50. The SMILES string of the molecule is CCOC(=O)Sc1c(SC(=O)c2ccccc2)ccc(C(C)(C)C)c1C. The molecular formula is C21H24O3S2. The van der Waals surface area contributed by atoms with E-state index in [1.54, 1.807) is 19.1 Å². The standard InChI is InChI=1S/C21H24O3S2/c1-6-24-20(23)26-18-14(2)16(21(3,4)5)12-13-17(18)25-19(22)15-10-8-7-9-11-15/h7-13H,6H2,1-5H3. The normalized spacial score (nSPS) is 11.3. The molecule has 0 N–H and O–H groups in total. The summed E-state index contributed by atoms with van der Waals surface area (Å²) in [6, 6.07) is 13.1. The van der Waals surface area contributed by atoms with Crippen molar-refractivity contribution >= 4 is 33.9 Å². The fraction of sp³-hybridized carbons (Fsp3) is 0.333. The Kier molecular flexibility index (Phi) is 6.95. The molecule has 0 aliphatic rings. The Morgan fingerprint density at radius 1 is 1.00 bits per heavy atom. The summed E-state index contributed by atoms with van der Waals surface area (Å²) < 4.78 is 5.10. The van der Waals surface area contributed by atoms with Crippen LogP contribution in [0.5, 0.6) is 0 Å². The molecule has 2 rings (SSSR count). The van der Waals surface area contributed by atoms with Crippen LogP contribution in [0.2, 0.25) is 0 Å². The van der Waals surface area contributed by atoms with Crippen molar-refractivity contribution in [1.29, 1.82) is 0 Å². The van der Waals surface area contributed by atoms with Crippen LogP contribution in [0.1, 0.15) is 49.2 Å². The quantitative estimate of drug-likeness (QED) is 0.443. The van der Waals surface area contributed by atoms with Gasteiger partial charge in [-0.2, -0.15) is 0 Å². The average molecular weight is 389 g/mol. The van der Waals surface area contributed by atoms with Crippen LogP contribution in [0.15, 0.2) is 52.3 Å². The van der Waals surface area contributed by atoms with Gasteiger partial charge in [-0.3, -0.25) is 4.79 Å². The molecule has 2 aromatic carbocycles. The molecule has 0 unspecified atom stereocenters. The van der Waals surface area contributed by atoms with Crippen molar-refractivity contribution in [2.45, 2.75) is 49.8 Å². The molecule has 0 aliphatic heterocycles. The second-order valence-corrected chi connectivity index (χ2v) is 8.82. The summed E-state index contributed by atoms with van der Waals surface area (Å²) in [6.45, 7) is 10.5. The van der Waals surface area contributed by atoms with Gasteiger partial charge in [0.05, 0.1) is 6.61 Å². The van der Waals surface area contributed by atoms with Gasteiger partial charge in [-0.15, -0.1) is 0 Å². The zero-order chi connectivity index (χ0) is 19.3. The molecule has 0 aromatic heterocycles. The van der Waals surface area contributed by atoms with Crippen LogP contribution in [-0.4, -0.2) is 17.0 Å². The lowest BCUT2D eigenvalue weighted by atomic mass is 9.84. The van der Waals surface area contributed by atoms with E-state index in [9.17, 15) is 9.59 Å². The number of carbonyl (C=O) groups is 2. The van der Waals surface area contributed by atoms with Crippen LogP contribution in [0, 0.1) is 6.92 Å². The molecular weight excluding hydrogens is 364 g/mol. The van der Waals surface area contributed by atoms with Crippen molar-refractivity contribution in [2.24, 2.45) is 0 Å². The molecule has 26 heavy (non-hydrogen) atoms. The van der Waals surface area contributed by atoms with Gasteiger partial charge in [-0.1, -0.05) is 57.2 Å². The molecule has 5 heteroatoms. The molecule has 0 bridgehead atoms. The van der Waals surface area contributed by atoms with Crippen LogP contribution in [0.4, 0.5) is 4.79 Å². The molecule has 0 amide bonds. The Labute approximate surface area is 163 Å². The van der Waals surface area contributed by atoms with Crippen molar-refractivity contribution in [1.82, 2.24) is 0 Å². The molecule has 0 saturated heterocycles. The first-order valence-corrected chi connectivity index (χ1v) is 10.1. The van der Waals surface area contributed by atoms with Gasteiger partial charge in [0.1, 0.15) is 0 Å². The van der Waals surface area contributed by atoms with E-state index < -0.39 is 0 Å². The minimum atomic E-state index is -0.351. The molecule has 0 radical (unpaired) electrons. The number of benzene rings is 2. The summed E-state index contributed by atoms with van der Waals surface area (Å²) in [4.78, 5) is 26.3. The van der Waals surface area contributed by atoms with Crippen LogP contribution in [-0.2, 0) is 10.2 Å². The van der Waals surface area contributed by atoms with Crippen LogP contribution in [0.3, 0.4) is 0 Å². The lowest BCUT2D eigenvalue weighted by Crippen LogP contribution is -2.14. The molecule has 3 nitrogen and oxygen atoms in total. The van der Waals surface area contributed by atoms with Gasteiger partial charge in [0.15, 0.2) is 0 Å². The predicted molar refractivity (Wildman–Crippen MR) is 109 cm³/mol. The molecule has 0 spiro atoms. The topological polar surface area (TPSA) is 43.4 Å². The van der Waals surface area contributed by atoms with Crippen LogP contribution < -0.4 is 0 Å². The summed E-state index contributed by atoms with van der Waals surface area (Å²) in [6.07, 6.45) is 0.